The first-order chi connectivity index (χ1) is 11.3. The standard InChI is InChI=1S/C22H29N/c1-19-12-14-21(15-13-19)22(20-9-4-2-5-10-20)11-8-18-23-16-6-3-7-17-23/h2,4-5,9-10,12-15,22H,3,6-8,11,16-18H2,1H3. The van der Waals surface area contributed by atoms with Crippen molar-refractivity contribution in [2.45, 2.75) is 44.9 Å². The van der Waals surface area contributed by atoms with Gasteiger partial charge in [0.05, 0.1) is 0 Å². The van der Waals surface area contributed by atoms with E-state index in [9.17, 15) is 0 Å². The van der Waals surface area contributed by atoms with E-state index < -0.39 is 0 Å². The summed E-state index contributed by atoms with van der Waals surface area (Å²) in [5, 5.41) is 0. The Bertz CT molecular complexity index is 567. The molecular formula is C22H29N. The molecule has 0 radical (unpaired) electrons. The van der Waals surface area contributed by atoms with Crippen LogP contribution < -0.4 is 0 Å². The summed E-state index contributed by atoms with van der Waals surface area (Å²) in [4.78, 5) is 2.65. The Kier molecular flexibility index (Phi) is 5.87. The quantitative estimate of drug-likeness (QED) is 0.691. The Morgan fingerprint density at radius 2 is 1.48 bits per heavy atom. The van der Waals surface area contributed by atoms with E-state index in [2.05, 4.69) is 66.4 Å². The van der Waals surface area contributed by atoms with Gasteiger partial charge >= 0.3 is 0 Å². The van der Waals surface area contributed by atoms with Crippen LogP contribution in [0.4, 0.5) is 0 Å². The van der Waals surface area contributed by atoms with Gasteiger partial charge in [0.25, 0.3) is 0 Å². The van der Waals surface area contributed by atoms with Crippen molar-refractivity contribution in [3.63, 3.8) is 0 Å². The normalized spacial score (nSPS) is 17.1. The fraction of sp³-hybridized carbons (Fsp3) is 0.455. The summed E-state index contributed by atoms with van der Waals surface area (Å²) in [6.07, 6.45) is 6.73. The van der Waals surface area contributed by atoms with Crippen molar-refractivity contribution in [2.75, 3.05) is 19.6 Å². The Morgan fingerprint density at radius 1 is 0.826 bits per heavy atom. The number of rotatable bonds is 6. The molecular weight excluding hydrogens is 278 g/mol. The Balaban J connectivity index is 1.66. The van der Waals surface area contributed by atoms with Crippen molar-refractivity contribution in [1.82, 2.24) is 4.90 Å². The number of hydrogen-bond donors (Lipinski definition) is 0. The lowest BCUT2D eigenvalue weighted by atomic mass is 9.87. The van der Waals surface area contributed by atoms with Gasteiger partial charge in [-0.25, -0.2) is 0 Å². The molecule has 0 spiro atoms. The molecule has 1 heteroatoms. The second-order valence-corrected chi connectivity index (χ2v) is 6.92. The Labute approximate surface area is 141 Å². The van der Waals surface area contributed by atoms with Gasteiger partial charge in [-0.15, -0.1) is 0 Å². The minimum atomic E-state index is 0.529. The number of likely N-dealkylation sites (tertiary alicyclic amines) is 1. The lowest BCUT2D eigenvalue weighted by Gasteiger charge is -2.27. The summed E-state index contributed by atoms with van der Waals surface area (Å²) in [7, 11) is 0. The molecule has 23 heavy (non-hydrogen) atoms. The van der Waals surface area contributed by atoms with E-state index in [-0.39, 0.29) is 0 Å². The topological polar surface area (TPSA) is 3.24 Å². The van der Waals surface area contributed by atoms with Gasteiger partial charge in [0.1, 0.15) is 0 Å². The molecule has 0 aromatic heterocycles. The van der Waals surface area contributed by atoms with Crippen molar-refractivity contribution >= 4 is 0 Å². The third-order valence-electron chi connectivity index (χ3n) is 5.10. The molecule has 0 aliphatic carbocycles. The molecule has 1 aliphatic heterocycles. The molecule has 0 saturated carbocycles. The fourth-order valence-corrected chi connectivity index (χ4v) is 3.71. The molecule has 1 fully saturated rings. The second kappa shape index (κ2) is 8.31. The summed E-state index contributed by atoms with van der Waals surface area (Å²) in [6, 6.07) is 20.1. The molecule has 1 nitrogen and oxygen atoms in total. The van der Waals surface area contributed by atoms with Gasteiger partial charge in [0, 0.05) is 5.92 Å². The van der Waals surface area contributed by atoms with E-state index in [1.807, 2.05) is 0 Å². The smallest absolute Gasteiger partial charge is 0.00898 e. The molecule has 3 rings (SSSR count). The van der Waals surface area contributed by atoms with Crippen molar-refractivity contribution in [3.05, 3.63) is 71.3 Å². The predicted molar refractivity (Wildman–Crippen MR) is 99.0 cm³/mol. The first-order valence-corrected chi connectivity index (χ1v) is 9.17. The van der Waals surface area contributed by atoms with Crippen LogP contribution in [0.5, 0.6) is 0 Å². The summed E-state index contributed by atoms with van der Waals surface area (Å²) in [5.41, 5.74) is 4.25. The molecule has 2 aromatic carbocycles. The van der Waals surface area contributed by atoms with E-state index in [1.165, 1.54) is 68.4 Å². The first-order valence-electron chi connectivity index (χ1n) is 9.17. The van der Waals surface area contributed by atoms with Gasteiger partial charge in [-0.05, 0) is 63.4 Å². The molecule has 0 amide bonds. The minimum absolute atomic E-state index is 0.529. The molecule has 1 atom stereocenters. The van der Waals surface area contributed by atoms with Crippen molar-refractivity contribution in [3.8, 4) is 0 Å². The monoisotopic (exact) mass is 307 g/mol. The second-order valence-electron chi connectivity index (χ2n) is 6.92. The number of nitrogens with zero attached hydrogens (tertiary/aromatic N) is 1. The van der Waals surface area contributed by atoms with Crippen LogP contribution in [-0.2, 0) is 0 Å². The van der Waals surface area contributed by atoms with Crippen LogP contribution >= 0.6 is 0 Å². The highest BCUT2D eigenvalue weighted by atomic mass is 15.1. The average molecular weight is 307 g/mol. The molecule has 1 unspecified atom stereocenters. The van der Waals surface area contributed by atoms with E-state index in [0.717, 1.165) is 0 Å². The van der Waals surface area contributed by atoms with Crippen LogP contribution in [0.3, 0.4) is 0 Å². The van der Waals surface area contributed by atoms with E-state index >= 15 is 0 Å². The van der Waals surface area contributed by atoms with Crippen LogP contribution in [0.15, 0.2) is 54.6 Å². The van der Waals surface area contributed by atoms with Gasteiger partial charge in [0.2, 0.25) is 0 Å². The first kappa shape index (κ1) is 16.3. The maximum Gasteiger partial charge on any atom is 0.00898 e. The largest absolute Gasteiger partial charge is 0.303 e. The van der Waals surface area contributed by atoms with E-state index in [1.54, 1.807) is 0 Å². The van der Waals surface area contributed by atoms with Crippen LogP contribution in [0.1, 0.15) is 54.7 Å². The van der Waals surface area contributed by atoms with Gasteiger partial charge < -0.3 is 4.90 Å². The van der Waals surface area contributed by atoms with Crippen molar-refractivity contribution in [1.29, 1.82) is 0 Å². The summed E-state index contributed by atoms with van der Waals surface area (Å²) in [5.74, 6) is 0.529. The van der Waals surface area contributed by atoms with Crippen LogP contribution in [0, 0.1) is 6.92 Å². The van der Waals surface area contributed by atoms with Crippen molar-refractivity contribution in [2.24, 2.45) is 0 Å². The van der Waals surface area contributed by atoms with Crippen molar-refractivity contribution < 1.29 is 0 Å². The zero-order valence-electron chi connectivity index (χ0n) is 14.4. The molecule has 0 bridgehead atoms. The zero-order chi connectivity index (χ0) is 15.9. The Morgan fingerprint density at radius 3 is 2.17 bits per heavy atom. The van der Waals surface area contributed by atoms with Gasteiger partial charge in [-0.1, -0.05) is 66.6 Å². The Hall–Kier alpha value is -1.60. The molecule has 2 aromatic rings. The molecule has 1 aliphatic rings. The highest BCUT2D eigenvalue weighted by molar-refractivity contribution is 5.33. The molecule has 1 saturated heterocycles. The number of aryl methyl sites for hydroxylation is 1. The number of piperidine rings is 1. The fourth-order valence-electron chi connectivity index (χ4n) is 3.71. The third kappa shape index (κ3) is 4.68. The third-order valence-corrected chi connectivity index (χ3v) is 5.10. The van der Waals surface area contributed by atoms with Gasteiger partial charge in [-0.2, -0.15) is 0 Å². The number of hydrogen-bond acceptors (Lipinski definition) is 1. The summed E-state index contributed by atoms with van der Waals surface area (Å²) < 4.78 is 0. The number of benzene rings is 2. The average Bonchev–Trinajstić information content (AvgIpc) is 2.61. The van der Waals surface area contributed by atoms with Crippen LogP contribution in [0.2, 0.25) is 0 Å². The SMILES string of the molecule is Cc1ccc(C(CCCN2CCCCC2)c2ccccc2)cc1. The molecule has 0 N–H and O–H groups in total. The maximum atomic E-state index is 2.65. The predicted octanol–water partition coefficient (Wildman–Crippen LogP) is 5.39. The van der Waals surface area contributed by atoms with Crippen LogP contribution in [-0.4, -0.2) is 24.5 Å². The summed E-state index contributed by atoms with van der Waals surface area (Å²) in [6.45, 7) is 6.04. The van der Waals surface area contributed by atoms with E-state index in [4.69, 9.17) is 0 Å². The highest BCUT2D eigenvalue weighted by Gasteiger charge is 2.15. The highest BCUT2D eigenvalue weighted by Crippen LogP contribution is 2.29. The minimum Gasteiger partial charge on any atom is -0.303 e. The van der Waals surface area contributed by atoms with Gasteiger partial charge in [0.15, 0.2) is 0 Å². The zero-order valence-corrected chi connectivity index (χ0v) is 14.4. The van der Waals surface area contributed by atoms with Gasteiger partial charge in [-0.3, -0.25) is 0 Å². The van der Waals surface area contributed by atoms with E-state index in [0.29, 0.717) is 5.92 Å². The maximum absolute atomic E-state index is 2.65. The molecule has 1 heterocycles. The summed E-state index contributed by atoms with van der Waals surface area (Å²) >= 11 is 0. The molecule has 122 valence electrons. The lowest BCUT2D eigenvalue weighted by Crippen LogP contribution is -2.30. The lowest BCUT2D eigenvalue weighted by molar-refractivity contribution is 0.224. The van der Waals surface area contributed by atoms with Crippen LogP contribution in [0.25, 0.3) is 0 Å².